The molecule has 1 aromatic carbocycles. The number of hydrogen-bond acceptors (Lipinski definition) is 5. The Morgan fingerprint density at radius 2 is 1.83 bits per heavy atom. The summed E-state index contributed by atoms with van der Waals surface area (Å²) in [7, 11) is 2.16. The largest absolute Gasteiger partial charge is 0.334 e. The van der Waals surface area contributed by atoms with Crippen molar-refractivity contribution in [2.75, 3.05) is 58.6 Å². The lowest BCUT2D eigenvalue weighted by Crippen LogP contribution is -2.53. The molecule has 1 N–H and O–H groups in total. The second kappa shape index (κ2) is 13.7. The van der Waals surface area contributed by atoms with E-state index >= 15 is 0 Å². The van der Waals surface area contributed by atoms with E-state index in [4.69, 9.17) is 0 Å². The van der Waals surface area contributed by atoms with Crippen LogP contribution in [0.3, 0.4) is 0 Å². The molecular formula is C23H38N4O2S. The Bertz CT molecular complexity index is 635. The summed E-state index contributed by atoms with van der Waals surface area (Å²) in [6.45, 7) is 10.2. The molecule has 168 valence electrons. The van der Waals surface area contributed by atoms with Crippen molar-refractivity contribution in [3.63, 3.8) is 0 Å². The molecule has 0 aliphatic carbocycles. The van der Waals surface area contributed by atoms with Crippen LogP contribution >= 0.6 is 11.8 Å². The summed E-state index contributed by atoms with van der Waals surface area (Å²) in [6, 6.07) is 10.4. The Morgan fingerprint density at radius 1 is 1.13 bits per heavy atom. The Morgan fingerprint density at radius 3 is 2.47 bits per heavy atom. The normalized spacial score (nSPS) is 16.2. The van der Waals surface area contributed by atoms with Gasteiger partial charge in [-0.15, -0.1) is 0 Å². The third kappa shape index (κ3) is 9.49. The van der Waals surface area contributed by atoms with Gasteiger partial charge >= 0.3 is 6.03 Å². The van der Waals surface area contributed by atoms with Crippen molar-refractivity contribution in [1.82, 2.24) is 20.0 Å². The van der Waals surface area contributed by atoms with E-state index in [-0.39, 0.29) is 17.2 Å². The zero-order valence-corrected chi connectivity index (χ0v) is 19.6. The third-order valence-electron chi connectivity index (χ3n) is 5.51. The van der Waals surface area contributed by atoms with Crippen LogP contribution < -0.4 is 5.32 Å². The summed E-state index contributed by atoms with van der Waals surface area (Å²) in [6.07, 6.45) is 2.84. The highest BCUT2D eigenvalue weighted by Gasteiger charge is 2.22. The third-order valence-corrected chi connectivity index (χ3v) is 6.30. The molecule has 2 amide bonds. The van der Waals surface area contributed by atoms with E-state index in [1.54, 1.807) is 6.92 Å². The molecule has 1 aliphatic rings. The molecular weight excluding hydrogens is 396 g/mol. The van der Waals surface area contributed by atoms with Gasteiger partial charge in [-0.1, -0.05) is 55.4 Å². The Labute approximate surface area is 186 Å². The molecule has 2 rings (SSSR count). The molecule has 1 heterocycles. The van der Waals surface area contributed by atoms with E-state index < -0.39 is 0 Å². The number of piperazine rings is 1. The fraction of sp³-hybridized carbons (Fsp3) is 0.652. The van der Waals surface area contributed by atoms with Crippen molar-refractivity contribution in [2.45, 2.75) is 39.2 Å². The molecule has 7 heteroatoms. The maximum atomic E-state index is 13.1. The standard InChI is InChI=1S/C23H38N4O2S/c1-4-8-22(19-26-15-13-25(3)14-16-26)24-23(29)27(17-18-30-20(2)28)12-11-21-9-6-5-7-10-21/h5-7,9-10,22H,4,8,11-19H2,1-3H3,(H,24,29)/t22-/m1/s1. The molecule has 0 unspecified atom stereocenters. The van der Waals surface area contributed by atoms with E-state index in [2.05, 4.69) is 41.2 Å². The van der Waals surface area contributed by atoms with Crippen LogP contribution in [0.5, 0.6) is 0 Å². The lowest BCUT2D eigenvalue weighted by molar-refractivity contribution is -0.109. The SMILES string of the molecule is CCC[C@H](CN1CCN(C)CC1)NC(=O)N(CCSC(C)=O)CCc1ccccc1. The first-order valence-electron chi connectivity index (χ1n) is 11.1. The summed E-state index contributed by atoms with van der Waals surface area (Å²) in [5.41, 5.74) is 1.22. The zero-order chi connectivity index (χ0) is 21.8. The van der Waals surface area contributed by atoms with Gasteiger partial charge in [-0.2, -0.15) is 0 Å². The number of benzene rings is 1. The van der Waals surface area contributed by atoms with Crippen molar-refractivity contribution in [3.8, 4) is 0 Å². The van der Waals surface area contributed by atoms with Gasteiger partial charge in [0.1, 0.15) is 0 Å². The van der Waals surface area contributed by atoms with Crippen LogP contribution in [0.4, 0.5) is 4.79 Å². The van der Waals surface area contributed by atoms with Gasteiger partial charge in [0.05, 0.1) is 0 Å². The number of likely N-dealkylation sites (N-methyl/N-ethyl adjacent to an activating group) is 1. The highest BCUT2D eigenvalue weighted by atomic mass is 32.2. The number of nitrogens with one attached hydrogen (secondary N) is 1. The first-order chi connectivity index (χ1) is 14.5. The van der Waals surface area contributed by atoms with Crippen LogP contribution in [-0.4, -0.2) is 90.5 Å². The number of thioether (sulfide) groups is 1. The number of urea groups is 1. The maximum Gasteiger partial charge on any atom is 0.317 e. The highest BCUT2D eigenvalue weighted by molar-refractivity contribution is 8.13. The number of nitrogens with zero attached hydrogens (tertiary/aromatic N) is 3. The minimum Gasteiger partial charge on any atom is -0.334 e. The summed E-state index contributed by atoms with van der Waals surface area (Å²) in [4.78, 5) is 31.1. The van der Waals surface area contributed by atoms with Gasteiger partial charge in [-0.05, 0) is 25.5 Å². The number of carbonyl (C=O) groups is 2. The summed E-state index contributed by atoms with van der Waals surface area (Å²) in [5, 5.41) is 3.38. The monoisotopic (exact) mass is 434 g/mol. The number of rotatable bonds is 11. The van der Waals surface area contributed by atoms with Crippen LogP contribution in [0, 0.1) is 0 Å². The topological polar surface area (TPSA) is 55.9 Å². The summed E-state index contributed by atoms with van der Waals surface area (Å²) in [5.74, 6) is 0.633. The van der Waals surface area contributed by atoms with Crippen LogP contribution in [0.15, 0.2) is 30.3 Å². The van der Waals surface area contributed by atoms with Crippen molar-refractivity contribution in [3.05, 3.63) is 35.9 Å². The molecule has 1 saturated heterocycles. The minimum atomic E-state index is -0.0114. The molecule has 0 spiro atoms. The van der Waals surface area contributed by atoms with E-state index in [1.807, 2.05) is 23.1 Å². The molecule has 1 aromatic rings. The highest BCUT2D eigenvalue weighted by Crippen LogP contribution is 2.08. The van der Waals surface area contributed by atoms with Crippen molar-refractivity contribution in [1.29, 1.82) is 0 Å². The molecule has 0 radical (unpaired) electrons. The average Bonchev–Trinajstić information content (AvgIpc) is 2.72. The Kier molecular flexibility index (Phi) is 11.3. The Hall–Kier alpha value is -1.57. The van der Waals surface area contributed by atoms with E-state index in [0.29, 0.717) is 18.8 Å². The predicted octanol–water partition coefficient (Wildman–Crippen LogP) is 2.94. The lowest BCUT2D eigenvalue weighted by atomic mass is 10.1. The van der Waals surface area contributed by atoms with Gasteiger partial charge in [0.25, 0.3) is 0 Å². The van der Waals surface area contributed by atoms with Gasteiger partial charge in [0, 0.05) is 64.5 Å². The lowest BCUT2D eigenvalue weighted by Gasteiger charge is -2.35. The van der Waals surface area contributed by atoms with Gasteiger partial charge in [0.2, 0.25) is 0 Å². The first-order valence-corrected chi connectivity index (χ1v) is 12.1. The molecule has 1 fully saturated rings. The van der Waals surface area contributed by atoms with Gasteiger partial charge in [-0.3, -0.25) is 9.69 Å². The maximum absolute atomic E-state index is 13.1. The van der Waals surface area contributed by atoms with Crippen LogP contribution in [-0.2, 0) is 11.2 Å². The molecule has 1 atom stereocenters. The predicted molar refractivity (Wildman–Crippen MR) is 126 cm³/mol. The number of amides is 2. The van der Waals surface area contributed by atoms with E-state index in [1.165, 1.54) is 17.3 Å². The molecule has 0 saturated carbocycles. The second-order valence-electron chi connectivity index (χ2n) is 8.10. The zero-order valence-electron chi connectivity index (χ0n) is 18.8. The molecule has 6 nitrogen and oxygen atoms in total. The van der Waals surface area contributed by atoms with Crippen LogP contribution in [0.2, 0.25) is 0 Å². The quantitative estimate of drug-likeness (QED) is 0.580. The minimum absolute atomic E-state index is 0.0114. The fourth-order valence-corrected chi connectivity index (χ4v) is 4.29. The molecule has 30 heavy (non-hydrogen) atoms. The van der Waals surface area contributed by atoms with Crippen LogP contribution in [0.25, 0.3) is 0 Å². The fourth-order valence-electron chi connectivity index (χ4n) is 3.69. The van der Waals surface area contributed by atoms with E-state index in [0.717, 1.165) is 52.0 Å². The molecule has 0 bridgehead atoms. The van der Waals surface area contributed by atoms with Crippen molar-refractivity contribution < 1.29 is 9.59 Å². The smallest absolute Gasteiger partial charge is 0.317 e. The van der Waals surface area contributed by atoms with E-state index in [9.17, 15) is 9.59 Å². The van der Waals surface area contributed by atoms with Gasteiger partial charge < -0.3 is 15.1 Å². The summed E-state index contributed by atoms with van der Waals surface area (Å²) < 4.78 is 0. The number of hydrogen-bond donors (Lipinski definition) is 1. The first kappa shape index (κ1) is 24.7. The van der Waals surface area contributed by atoms with Gasteiger partial charge in [-0.25, -0.2) is 4.79 Å². The average molecular weight is 435 g/mol. The van der Waals surface area contributed by atoms with Crippen molar-refractivity contribution in [2.24, 2.45) is 0 Å². The van der Waals surface area contributed by atoms with Gasteiger partial charge in [0.15, 0.2) is 5.12 Å². The second-order valence-corrected chi connectivity index (χ2v) is 9.37. The molecule has 1 aliphatic heterocycles. The summed E-state index contributed by atoms with van der Waals surface area (Å²) >= 11 is 1.28. The molecule has 0 aromatic heterocycles. The Balaban J connectivity index is 1.93. The van der Waals surface area contributed by atoms with Crippen molar-refractivity contribution >= 4 is 22.9 Å². The number of carbonyl (C=O) groups excluding carboxylic acids is 2. The van der Waals surface area contributed by atoms with Crippen LogP contribution in [0.1, 0.15) is 32.3 Å².